The summed E-state index contributed by atoms with van der Waals surface area (Å²) in [5.74, 6) is -0.310. The van der Waals surface area contributed by atoms with Crippen LogP contribution in [0.25, 0.3) is 11.3 Å². The van der Waals surface area contributed by atoms with Crippen LogP contribution >= 0.6 is 0 Å². The van der Waals surface area contributed by atoms with Gasteiger partial charge in [-0.15, -0.1) is 4.40 Å². The van der Waals surface area contributed by atoms with Crippen LogP contribution in [0.5, 0.6) is 0 Å². The van der Waals surface area contributed by atoms with E-state index in [-0.39, 0.29) is 35.3 Å². The molecule has 0 saturated carbocycles. The second-order valence-corrected chi connectivity index (χ2v) is 9.62. The number of carbonyl (C=O) groups excluding carboxylic acids is 1. The minimum absolute atomic E-state index is 0.00365. The lowest BCUT2D eigenvalue weighted by molar-refractivity contribution is -0.137. The Morgan fingerprint density at radius 2 is 1.90 bits per heavy atom. The predicted molar refractivity (Wildman–Crippen MR) is 139 cm³/mol. The fraction of sp³-hybridized carbons (Fsp3) is 0.250. The topological polar surface area (TPSA) is 153 Å². The largest absolute Gasteiger partial charge is 0.416 e. The first-order valence-corrected chi connectivity index (χ1v) is 12.6. The molecule has 0 radical (unpaired) electrons. The number of nitrogen functional groups attached to an aromatic ring is 1. The van der Waals surface area contributed by atoms with Crippen molar-refractivity contribution in [2.24, 2.45) is 4.40 Å². The lowest BCUT2D eigenvalue weighted by Gasteiger charge is -2.17. The van der Waals surface area contributed by atoms with Crippen LogP contribution in [0.2, 0.25) is 0 Å². The molecule has 0 spiro atoms. The average Bonchev–Trinajstić information content (AvgIpc) is 3.30. The molecule has 39 heavy (non-hydrogen) atoms. The molecule has 0 fully saturated rings. The summed E-state index contributed by atoms with van der Waals surface area (Å²) < 4.78 is 60.9. The summed E-state index contributed by atoms with van der Waals surface area (Å²) in [5, 5.41) is 5.57. The van der Waals surface area contributed by atoms with Crippen molar-refractivity contribution in [1.82, 2.24) is 20.3 Å². The van der Waals surface area contributed by atoms with Gasteiger partial charge < -0.3 is 16.4 Å². The molecule has 1 amide bonds. The quantitative estimate of drug-likeness (QED) is 0.305. The average molecular weight is 564 g/mol. The zero-order valence-corrected chi connectivity index (χ0v) is 21.5. The highest BCUT2D eigenvalue weighted by molar-refractivity contribution is 7.79. The van der Waals surface area contributed by atoms with Crippen LogP contribution in [0.4, 0.5) is 24.7 Å². The van der Waals surface area contributed by atoms with Gasteiger partial charge in [0.15, 0.2) is 11.7 Å². The highest BCUT2D eigenvalue weighted by atomic mass is 32.2. The number of hydroxylamine groups is 1. The van der Waals surface area contributed by atoms with Crippen molar-refractivity contribution >= 4 is 34.5 Å². The SMILES string of the molecule is CC(C)Nc1ncc(-c2cc(N)cc(C(F)(F)F)c2)n(CC(=O)NCc2ccc(C3=NS(=O)ON3)cc2)c1=O. The van der Waals surface area contributed by atoms with Crippen molar-refractivity contribution in [3.63, 3.8) is 0 Å². The Kier molecular flexibility index (Phi) is 8.01. The molecule has 15 heteroatoms. The second kappa shape index (κ2) is 11.2. The van der Waals surface area contributed by atoms with Gasteiger partial charge in [-0.1, -0.05) is 24.3 Å². The molecule has 2 heterocycles. The minimum Gasteiger partial charge on any atom is -0.399 e. The molecule has 0 bridgehead atoms. The van der Waals surface area contributed by atoms with Crippen LogP contribution in [0, 0.1) is 0 Å². The van der Waals surface area contributed by atoms with Crippen LogP contribution < -0.4 is 27.4 Å². The number of carbonyl (C=O) groups is 1. The summed E-state index contributed by atoms with van der Waals surface area (Å²) >= 11 is -1.80. The second-order valence-electron chi connectivity index (χ2n) is 8.84. The molecule has 11 nitrogen and oxygen atoms in total. The van der Waals surface area contributed by atoms with E-state index in [0.29, 0.717) is 17.0 Å². The fourth-order valence-electron chi connectivity index (χ4n) is 3.69. The van der Waals surface area contributed by atoms with Crippen molar-refractivity contribution < 1.29 is 26.5 Å². The van der Waals surface area contributed by atoms with Gasteiger partial charge in [0.2, 0.25) is 5.91 Å². The Balaban J connectivity index is 1.58. The number of hydrogen-bond donors (Lipinski definition) is 4. The Hall–Kier alpha value is -4.24. The van der Waals surface area contributed by atoms with E-state index in [0.717, 1.165) is 16.7 Å². The number of nitrogens with zero attached hydrogens (tertiary/aromatic N) is 3. The minimum atomic E-state index is -4.67. The molecule has 0 aliphatic carbocycles. The van der Waals surface area contributed by atoms with Crippen LogP contribution in [-0.2, 0) is 39.6 Å². The van der Waals surface area contributed by atoms with Gasteiger partial charge in [-0.3, -0.25) is 14.2 Å². The maximum Gasteiger partial charge on any atom is 0.416 e. The van der Waals surface area contributed by atoms with E-state index in [1.54, 1.807) is 38.1 Å². The zero-order valence-electron chi connectivity index (χ0n) is 20.7. The molecule has 1 atom stereocenters. The van der Waals surface area contributed by atoms with Crippen molar-refractivity contribution in [2.75, 3.05) is 11.1 Å². The summed E-state index contributed by atoms with van der Waals surface area (Å²) in [6.07, 6.45) is -3.44. The number of aromatic nitrogens is 2. The van der Waals surface area contributed by atoms with E-state index in [4.69, 9.17) is 5.73 Å². The van der Waals surface area contributed by atoms with E-state index in [2.05, 4.69) is 29.8 Å². The monoisotopic (exact) mass is 563 g/mol. The van der Waals surface area contributed by atoms with E-state index < -0.39 is 41.0 Å². The highest BCUT2D eigenvalue weighted by Crippen LogP contribution is 2.34. The predicted octanol–water partition coefficient (Wildman–Crippen LogP) is 2.51. The van der Waals surface area contributed by atoms with E-state index >= 15 is 0 Å². The van der Waals surface area contributed by atoms with Crippen LogP contribution in [0.3, 0.4) is 0 Å². The first kappa shape index (κ1) is 27.8. The number of amides is 1. The van der Waals surface area contributed by atoms with Gasteiger partial charge in [0.25, 0.3) is 5.56 Å². The molecule has 1 aliphatic heterocycles. The molecule has 1 aromatic heterocycles. The Morgan fingerprint density at radius 1 is 1.18 bits per heavy atom. The number of anilines is 2. The fourth-order valence-corrected chi connectivity index (χ4v) is 4.17. The standard InChI is InChI=1S/C24H24F3N7O4S/c1-13(2)31-22-23(36)34(19(11-30-22)16-7-17(24(25,26)27)9-18(28)8-16)12-20(35)29-10-14-3-5-15(6-4-14)21-32-38-39(37)33-21/h3-9,11,13H,10,12,28H2,1-2H3,(H,29,35)(H,30,31)(H,32,33). The smallest absolute Gasteiger partial charge is 0.399 e. The van der Waals surface area contributed by atoms with Gasteiger partial charge in [-0.25, -0.2) is 14.7 Å². The summed E-state index contributed by atoms with van der Waals surface area (Å²) in [6.45, 7) is 3.19. The van der Waals surface area contributed by atoms with Crippen molar-refractivity contribution in [2.45, 2.75) is 39.2 Å². The molecule has 3 aromatic rings. The van der Waals surface area contributed by atoms with E-state index in [1.165, 1.54) is 12.3 Å². The third kappa shape index (κ3) is 6.80. The number of nitrogens with one attached hydrogen (secondary N) is 3. The Labute approximate surface area is 223 Å². The first-order chi connectivity index (χ1) is 18.4. The number of halogens is 3. The highest BCUT2D eigenvalue weighted by Gasteiger charge is 2.31. The number of hydrogen-bond acceptors (Lipinski definition) is 8. The molecule has 0 saturated heterocycles. The van der Waals surface area contributed by atoms with Gasteiger partial charge in [0, 0.05) is 29.4 Å². The van der Waals surface area contributed by atoms with Crippen molar-refractivity contribution in [1.29, 1.82) is 0 Å². The zero-order chi connectivity index (χ0) is 28.3. The van der Waals surface area contributed by atoms with Gasteiger partial charge in [0.1, 0.15) is 6.54 Å². The summed E-state index contributed by atoms with van der Waals surface area (Å²) in [7, 11) is 0. The Morgan fingerprint density at radius 3 is 2.51 bits per heavy atom. The molecular weight excluding hydrogens is 539 g/mol. The first-order valence-electron chi connectivity index (χ1n) is 11.5. The third-order valence-electron chi connectivity index (χ3n) is 5.45. The number of amidine groups is 1. The van der Waals surface area contributed by atoms with Crippen LogP contribution in [0.15, 0.2) is 57.9 Å². The molecule has 1 unspecified atom stereocenters. The molecule has 5 N–H and O–H groups in total. The molecule has 2 aromatic carbocycles. The lowest BCUT2D eigenvalue weighted by Crippen LogP contribution is -2.35. The maximum absolute atomic E-state index is 13.4. The van der Waals surface area contributed by atoms with Gasteiger partial charge in [-0.2, -0.15) is 17.5 Å². The summed E-state index contributed by atoms with van der Waals surface area (Å²) in [5.41, 5.74) is 7.64. The molecule has 206 valence electrons. The van der Waals surface area contributed by atoms with Gasteiger partial charge in [-0.05, 0) is 37.6 Å². The summed E-state index contributed by atoms with van der Waals surface area (Å²) in [4.78, 5) is 30.2. The number of rotatable bonds is 8. The van der Waals surface area contributed by atoms with Crippen LogP contribution in [0.1, 0.15) is 30.5 Å². The van der Waals surface area contributed by atoms with Gasteiger partial charge in [0.05, 0.1) is 17.5 Å². The lowest BCUT2D eigenvalue weighted by atomic mass is 10.1. The maximum atomic E-state index is 13.4. The number of alkyl halides is 3. The summed E-state index contributed by atoms with van der Waals surface area (Å²) in [6, 6.07) is 9.54. The number of benzene rings is 2. The van der Waals surface area contributed by atoms with E-state index in [9.17, 15) is 27.0 Å². The molecule has 1 aliphatic rings. The van der Waals surface area contributed by atoms with Crippen molar-refractivity contribution in [3.8, 4) is 11.3 Å². The molecular formula is C24H24F3N7O4S. The van der Waals surface area contributed by atoms with Crippen molar-refractivity contribution in [3.05, 3.63) is 75.7 Å². The van der Waals surface area contributed by atoms with Crippen LogP contribution in [-0.4, -0.2) is 31.5 Å². The Bertz CT molecular complexity index is 1510. The normalized spacial score (nSPS) is 15.1. The van der Waals surface area contributed by atoms with Gasteiger partial charge >= 0.3 is 17.4 Å². The number of nitrogens with two attached hydrogens (primary N) is 1. The molecule has 4 rings (SSSR count). The third-order valence-corrected chi connectivity index (χ3v) is 6.01. The van der Waals surface area contributed by atoms with E-state index in [1.807, 2.05) is 0 Å².